The molecule has 0 atom stereocenters. The number of halogens is 2. The van der Waals surface area contributed by atoms with Crippen molar-refractivity contribution in [3.05, 3.63) is 70.1 Å². The smallest absolute Gasteiger partial charge is 0.258 e. The number of carbonyl (C=O) groups is 1. The maximum Gasteiger partial charge on any atom is 0.258 e. The lowest BCUT2D eigenvalue weighted by Gasteiger charge is -2.32. The largest absolute Gasteiger partial charge is 0.339 e. The Bertz CT molecular complexity index is 1620. The van der Waals surface area contributed by atoms with Gasteiger partial charge in [-0.2, -0.15) is 10.2 Å². The van der Waals surface area contributed by atoms with Crippen LogP contribution in [-0.4, -0.2) is 75.6 Å². The number of carbonyl (C=O) groups excluding carboxylic acids is 1. The van der Waals surface area contributed by atoms with E-state index in [1.165, 1.54) is 12.3 Å². The number of hydrogen-bond acceptors (Lipinski definition) is 7. The number of aromatic amines is 1. The number of nitrogens with zero attached hydrogens (tertiary/aromatic N) is 6. The van der Waals surface area contributed by atoms with Gasteiger partial charge in [-0.15, -0.1) is 0 Å². The van der Waals surface area contributed by atoms with Gasteiger partial charge in [-0.05, 0) is 37.4 Å². The van der Waals surface area contributed by atoms with Crippen LogP contribution >= 0.6 is 0 Å². The lowest BCUT2D eigenvalue weighted by atomic mass is 10.1. The zero-order valence-corrected chi connectivity index (χ0v) is 20.0. The molecule has 37 heavy (non-hydrogen) atoms. The van der Waals surface area contributed by atoms with E-state index in [2.05, 4.69) is 25.1 Å². The van der Waals surface area contributed by atoms with Gasteiger partial charge < -0.3 is 20.6 Å². The number of hydrazone groups is 1. The summed E-state index contributed by atoms with van der Waals surface area (Å²) in [6.45, 7) is 3.24. The van der Waals surface area contributed by atoms with Crippen molar-refractivity contribution >= 4 is 45.3 Å². The second kappa shape index (κ2) is 9.90. The minimum atomic E-state index is -1.06. The van der Waals surface area contributed by atoms with E-state index in [-0.39, 0.29) is 34.6 Å². The van der Waals surface area contributed by atoms with Crippen molar-refractivity contribution < 1.29 is 13.6 Å². The zero-order valence-electron chi connectivity index (χ0n) is 20.0. The lowest BCUT2D eigenvalue weighted by Crippen LogP contribution is -2.48. The van der Waals surface area contributed by atoms with Crippen LogP contribution in [-0.2, 0) is 11.3 Å². The van der Waals surface area contributed by atoms with Crippen molar-refractivity contribution in [2.24, 2.45) is 15.9 Å². The van der Waals surface area contributed by atoms with E-state index < -0.39 is 17.2 Å². The Labute approximate surface area is 209 Å². The van der Waals surface area contributed by atoms with Crippen molar-refractivity contribution in [3.63, 3.8) is 0 Å². The normalized spacial score (nSPS) is 15.3. The highest BCUT2D eigenvalue weighted by molar-refractivity contribution is 6.38. The van der Waals surface area contributed by atoms with Gasteiger partial charge in [-0.25, -0.2) is 8.78 Å². The van der Waals surface area contributed by atoms with Crippen LogP contribution in [0.5, 0.6) is 0 Å². The topological polar surface area (TPSA) is 125 Å². The predicted molar refractivity (Wildman–Crippen MR) is 137 cm³/mol. The van der Waals surface area contributed by atoms with Gasteiger partial charge in [0.15, 0.2) is 11.6 Å². The number of fused-ring (bicyclic) bond motifs is 2. The Morgan fingerprint density at radius 2 is 1.86 bits per heavy atom. The van der Waals surface area contributed by atoms with E-state index >= 15 is 0 Å². The maximum atomic E-state index is 13.7. The summed E-state index contributed by atoms with van der Waals surface area (Å²) in [6.07, 6.45) is 2.98. The van der Waals surface area contributed by atoms with Gasteiger partial charge in [0.25, 0.3) is 5.56 Å². The summed E-state index contributed by atoms with van der Waals surface area (Å²) < 4.78 is 28.8. The molecule has 10 nitrogen and oxygen atoms in total. The van der Waals surface area contributed by atoms with Crippen molar-refractivity contribution in [1.29, 1.82) is 0 Å². The molecule has 12 heteroatoms. The third-order valence-corrected chi connectivity index (χ3v) is 6.40. The van der Waals surface area contributed by atoms with Gasteiger partial charge in [-0.3, -0.25) is 19.3 Å². The fraction of sp³-hybridized carbons (Fsp3) is 0.240. The number of rotatable bonds is 5. The van der Waals surface area contributed by atoms with Crippen LogP contribution in [0.2, 0.25) is 0 Å². The first kappa shape index (κ1) is 24.3. The molecular weight excluding hydrogens is 482 g/mol. The maximum absolute atomic E-state index is 13.7. The zero-order chi connectivity index (χ0) is 26.1. The number of nitrogens with two attached hydrogens (primary N) is 1. The average molecular weight is 507 g/mol. The average Bonchev–Trinajstić information content (AvgIpc) is 3.28. The number of benzene rings is 2. The van der Waals surface area contributed by atoms with Gasteiger partial charge in [0.2, 0.25) is 5.91 Å². The fourth-order valence-electron chi connectivity index (χ4n) is 4.26. The Morgan fingerprint density at radius 1 is 1.11 bits per heavy atom. The fourth-order valence-corrected chi connectivity index (χ4v) is 4.26. The molecule has 4 aromatic rings. The molecule has 0 aliphatic carbocycles. The molecule has 0 bridgehead atoms. The van der Waals surface area contributed by atoms with E-state index in [1.807, 2.05) is 18.0 Å². The van der Waals surface area contributed by atoms with Crippen LogP contribution in [0, 0.1) is 11.6 Å². The van der Waals surface area contributed by atoms with E-state index in [1.54, 1.807) is 23.0 Å². The first-order chi connectivity index (χ1) is 17.8. The third-order valence-electron chi connectivity index (χ3n) is 6.40. The summed E-state index contributed by atoms with van der Waals surface area (Å²) in [6, 6.07) is 8.61. The van der Waals surface area contributed by atoms with Crippen LogP contribution in [0.15, 0.2) is 57.5 Å². The molecule has 5 rings (SSSR count). The van der Waals surface area contributed by atoms with E-state index in [9.17, 15) is 18.4 Å². The molecule has 1 fully saturated rings. The summed E-state index contributed by atoms with van der Waals surface area (Å²) in [5.41, 5.74) is 1.02. The monoisotopic (exact) mass is 506 g/mol. The molecule has 1 saturated heterocycles. The van der Waals surface area contributed by atoms with E-state index in [0.29, 0.717) is 18.8 Å². The van der Waals surface area contributed by atoms with Gasteiger partial charge >= 0.3 is 0 Å². The molecule has 2 aromatic heterocycles. The number of aliphatic imine (C=N–C) groups is 1. The number of H-pyrrole nitrogens is 1. The summed E-state index contributed by atoms with van der Waals surface area (Å²) in [5.74, 6) is 3.42. The molecule has 3 heterocycles. The van der Waals surface area contributed by atoms with Crippen molar-refractivity contribution in [2.75, 3.05) is 33.2 Å². The van der Waals surface area contributed by atoms with Crippen LogP contribution in [0.4, 0.5) is 14.5 Å². The summed E-state index contributed by atoms with van der Waals surface area (Å²) in [7, 11) is 2.04. The molecule has 1 amide bonds. The molecule has 2 aromatic carbocycles. The molecule has 3 N–H and O–H groups in total. The van der Waals surface area contributed by atoms with Crippen molar-refractivity contribution in [1.82, 2.24) is 24.6 Å². The molecule has 0 saturated carbocycles. The second-order valence-corrected chi connectivity index (χ2v) is 8.87. The number of likely N-dealkylation sites (N-methyl/N-ethyl adjacent to an activating group) is 1. The van der Waals surface area contributed by atoms with Crippen LogP contribution in [0.3, 0.4) is 0 Å². The minimum Gasteiger partial charge on any atom is -0.339 e. The standard InChI is InChI=1S/C25H24F2N8O2/c1-33-4-6-34(7-5-33)24(36)14-35-23-3-2-17(8-16(23)12-30-35)29-13-22(32-28)18-9-15-10-19(26)20(27)11-21(15)31-25(18)37/h2-3,8-13H,4-7,14,28H2,1H3,(H,31,37). The van der Waals surface area contributed by atoms with Gasteiger partial charge in [0.1, 0.15) is 12.3 Å². The predicted octanol–water partition coefficient (Wildman–Crippen LogP) is 2.00. The molecule has 1 aliphatic heterocycles. The van der Waals surface area contributed by atoms with E-state index in [0.717, 1.165) is 36.1 Å². The Kier molecular flexibility index (Phi) is 6.49. The molecule has 0 radical (unpaired) electrons. The van der Waals surface area contributed by atoms with Crippen LogP contribution in [0.25, 0.3) is 21.8 Å². The number of hydrogen-bond donors (Lipinski definition) is 2. The first-order valence-corrected chi connectivity index (χ1v) is 11.6. The third kappa shape index (κ3) is 4.96. The lowest BCUT2D eigenvalue weighted by molar-refractivity contribution is -0.133. The SMILES string of the molecule is CN1CCN(C(=O)Cn2ncc3cc(N=CC(=NN)c4cc5cc(F)c(F)cc5[nH]c4=O)ccc32)CC1. The summed E-state index contributed by atoms with van der Waals surface area (Å²) in [5, 5.41) is 9.07. The molecule has 0 unspecified atom stereocenters. The van der Waals surface area contributed by atoms with Gasteiger partial charge in [-0.1, -0.05) is 0 Å². The second-order valence-electron chi connectivity index (χ2n) is 8.87. The molecule has 190 valence electrons. The molecule has 0 spiro atoms. The number of aromatic nitrogens is 3. The molecule has 1 aliphatic rings. The minimum absolute atomic E-state index is 0.0206. The van der Waals surface area contributed by atoms with Gasteiger partial charge in [0.05, 0.1) is 34.7 Å². The Hall–Kier alpha value is -4.45. The highest BCUT2D eigenvalue weighted by atomic mass is 19.2. The Balaban J connectivity index is 1.35. The summed E-state index contributed by atoms with van der Waals surface area (Å²) >= 11 is 0. The number of pyridine rings is 1. The van der Waals surface area contributed by atoms with Crippen LogP contribution < -0.4 is 11.4 Å². The highest BCUT2D eigenvalue weighted by Crippen LogP contribution is 2.22. The Morgan fingerprint density at radius 3 is 2.62 bits per heavy atom. The van der Waals surface area contributed by atoms with Crippen molar-refractivity contribution in [3.8, 4) is 0 Å². The van der Waals surface area contributed by atoms with Crippen LogP contribution in [0.1, 0.15) is 5.56 Å². The first-order valence-electron chi connectivity index (χ1n) is 11.6. The number of amides is 1. The van der Waals surface area contributed by atoms with Crippen molar-refractivity contribution in [2.45, 2.75) is 6.54 Å². The molecular formula is C25H24F2N8O2. The van der Waals surface area contributed by atoms with E-state index in [4.69, 9.17) is 5.84 Å². The highest BCUT2D eigenvalue weighted by Gasteiger charge is 2.20. The number of piperazine rings is 1. The summed E-state index contributed by atoms with van der Waals surface area (Å²) in [4.78, 5) is 36.1. The van der Waals surface area contributed by atoms with Gasteiger partial charge in [0, 0.05) is 43.0 Å². The number of nitrogens with one attached hydrogen (secondary N) is 1. The quantitative estimate of drug-likeness (QED) is 0.243.